The molecule has 3 aromatic rings. The van der Waals surface area contributed by atoms with E-state index in [0.717, 1.165) is 9.87 Å². The van der Waals surface area contributed by atoms with Crippen molar-refractivity contribution < 1.29 is 27.1 Å². The number of amides is 2. The highest BCUT2D eigenvalue weighted by Crippen LogP contribution is 2.27. The summed E-state index contributed by atoms with van der Waals surface area (Å²) in [5.41, 5.74) is 1.17. The molecule has 0 saturated heterocycles. The Hall–Kier alpha value is -3.92. The van der Waals surface area contributed by atoms with Crippen LogP contribution in [0.25, 0.3) is 0 Å². The molecular weight excluding hydrogens is 533 g/mol. The number of sulfonamides is 1. The predicted molar refractivity (Wildman–Crippen MR) is 153 cm³/mol. The first-order chi connectivity index (χ1) is 18.7. The normalized spacial score (nSPS) is 12.4. The molecule has 0 bridgehead atoms. The predicted octanol–water partition coefficient (Wildman–Crippen LogP) is 4.67. The van der Waals surface area contributed by atoms with Gasteiger partial charge in [0.1, 0.15) is 24.2 Å². The van der Waals surface area contributed by atoms with E-state index in [2.05, 4.69) is 5.32 Å². The van der Waals surface area contributed by atoms with E-state index in [4.69, 9.17) is 4.74 Å². The van der Waals surface area contributed by atoms with Gasteiger partial charge in [0.2, 0.25) is 11.8 Å². The summed E-state index contributed by atoms with van der Waals surface area (Å²) in [6, 6.07) is 17.3. The molecule has 1 atom stereocenters. The Kier molecular flexibility index (Phi) is 9.57. The first-order valence-corrected chi connectivity index (χ1v) is 14.2. The molecule has 8 nitrogen and oxygen atoms in total. The van der Waals surface area contributed by atoms with Crippen LogP contribution in [-0.4, -0.2) is 50.4 Å². The zero-order valence-corrected chi connectivity index (χ0v) is 24.5. The second-order valence-corrected chi connectivity index (χ2v) is 12.4. The van der Waals surface area contributed by atoms with Crippen molar-refractivity contribution in [1.29, 1.82) is 0 Å². The van der Waals surface area contributed by atoms with E-state index in [1.165, 1.54) is 48.4 Å². The van der Waals surface area contributed by atoms with Gasteiger partial charge in [-0.1, -0.05) is 29.8 Å². The smallest absolute Gasteiger partial charge is 0.264 e. The summed E-state index contributed by atoms with van der Waals surface area (Å²) in [4.78, 5) is 28.3. The molecule has 40 heavy (non-hydrogen) atoms. The molecule has 0 aliphatic heterocycles. The second-order valence-electron chi connectivity index (χ2n) is 10.6. The maximum Gasteiger partial charge on any atom is 0.264 e. The van der Waals surface area contributed by atoms with Crippen molar-refractivity contribution in [2.75, 3.05) is 18.0 Å². The number of carbonyl (C=O) groups excluding carboxylic acids is 2. The number of halogens is 1. The van der Waals surface area contributed by atoms with E-state index in [1.54, 1.807) is 43.3 Å². The minimum Gasteiger partial charge on any atom is -0.497 e. The van der Waals surface area contributed by atoms with Gasteiger partial charge in [0.15, 0.2) is 0 Å². The van der Waals surface area contributed by atoms with Crippen LogP contribution in [0, 0.1) is 12.7 Å². The average Bonchev–Trinajstić information content (AvgIpc) is 2.90. The Morgan fingerprint density at radius 3 is 2.05 bits per heavy atom. The van der Waals surface area contributed by atoms with E-state index in [-0.39, 0.29) is 17.1 Å². The van der Waals surface area contributed by atoms with E-state index in [1.807, 2.05) is 27.7 Å². The Morgan fingerprint density at radius 2 is 1.52 bits per heavy atom. The summed E-state index contributed by atoms with van der Waals surface area (Å²) in [5, 5.41) is 2.87. The number of benzene rings is 3. The first kappa shape index (κ1) is 30.6. The molecule has 0 fully saturated rings. The van der Waals surface area contributed by atoms with Crippen molar-refractivity contribution in [2.45, 2.75) is 57.6 Å². The topological polar surface area (TPSA) is 96.0 Å². The number of ether oxygens (including phenoxy) is 1. The summed E-state index contributed by atoms with van der Waals surface area (Å²) in [5.74, 6) is -0.920. The van der Waals surface area contributed by atoms with Crippen molar-refractivity contribution in [1.82, 2.24) is 10.2 Å². The van der Waals surface area contributed by atoms with Gasteiger partial charge in [0.05, 0.1) is 17.7 Å². The van der Waals surface area contributed by atoms with Gasteiger partial charge in [-0.15, -0.1) is 0 Å². The maximum absolute atomic E-state index is 13.9. The SMILES string of the molecule is COc1ccc(N(CC(=O)N(Cc2ccc(F)cc2)C(C)C(=O)NC(C)(C)C)S(=O)(=O)c2ccc(C)cc2)cc1. The van der Waals surface area contributed by atoms with Crippen LogP contribution >= 0.6 is 0 Å². The third-order valence-corrected chi connectivity index (χ3v) is 7.97. The third kappa shape index (κ3) is 7.81. The molecule has 1 N–H and O–H groups in total. The van der Waals surface area contributed by atoms with Gasteiger partial charge < -0.3 is 15.0 Å². The number of nitrogens with zero attached hydrogens (tertiary/aromatic N) is 2. The third-order valence-electron chi connectivity index (χ3n) is 6.18. The number of carbonyl (C=O) groups is 2. The molecule has 0 aromatic heterocycles. The second kappa shape index (κ2) is 12.5. The summed E-state index contributed by atoms with van der Waals surface area (Å²) >= 11 is 0. The number of methoxy groups -OCH3 is 1. The Balaban J connectivity index is 2.03. The van der Waals surface area contributed by atoms with Crippen molar-refractivity contribution >= 4 is 27.5 Å². The highest BCUT2D eigenvalue weighted by molar-refractivity contribution is 7.92. The van der Waals surface area contributed by atoms with Gasteiger partial charge in [-0.3, -0.25) is 13.9 Å². The fraction of sp³-hybridized carbons (Fsp3) is 0.333. The standard InChI is InChI=1S/C30H36FN3O5S/c1-21-7-17-27(18-8-21)40(37,38)34(25-13-15-26(39-6)16-14-25)20-28(35)33(19-23-9-11-24(31)12-10-23)22(2)29(36)32-30(3,4)5/h7-18,22H,19-20H2,1-6H3,(H,32,36). The molecule has 0 heterocycles. The van der Waals surface area contributed by atoms with E-state index < -0.39 is 45.8 Å². The zero-order chi connectivity index (χ0) is 29.7. The Bertz CT molecular complexity index is 1420. The van der Waals surface area contributed by atoms with Crippen LogP contribution in [0.3, 0.4) is 0 Å². The quantitative estimate of drug-likeness (QED) is 0.383. The van der Waals surface area contributed by atoms with Gasteiger partial charge in [0.25, 0.3) is 10.0 Å². The fourth-order valence-corrected chi connectivity index (χ4v) is 5.37. The van der Waals surface area contributed by atoms with Crippen LogP contribution in [0.1, 0.15) is 38.8 Å². The molecule has 3 rings (SSSR count). The lowest BCUT2D eigenvalue weighted by Gasteiger charge is -2.33. The molecule has 0 spiro atoms. The molecule has 0 aliphatic rings. The fourth-order valence-electron chi connectivity index (χ4n) is 3.96. The maximum atomic E-state index is 13.9. The number of hydrogen-bond acceptors (Lipinski definition) is 5. The summed E-state index contributed by atoms with van der Waals surface area (Å²) in [6.07, 6.45) is 0. The molecule has 2 amide bonds. The number of nitrogens with one attached hydrogen (secondary N) is 1. The number of anilines is 1. The van der Waals surface area contributed by atoms with Crippen LogP contribution in [0.4, 0.5) is 10.1 Å². The van der Waals surface area contributed by atoms with Crippen molar-refractivity contribution in [3.63, 3.8) is 0 Å². The van der Waals surface area contributed by atoms with Gasteiger partial charge in [0, 0.05) is 12.1 Å². The van der Waals surface area contributed by atoms with Gasteiger partial charge >= 0.3 is 0 Å². The lowest BCUT2D eigenvalue weighted by atomic mass is 10.1. The lowest BCUT2D eigenvalue weighted by molar-refractivity contribution is -0.140. The summed E-state index contributed by atoms with van der Waals surface area (Å²) in [7, 11) is -2.68. The minimum atomic E-state index is -4.18. The van der Waals surface area contributed by atoms with Gasteiger partial charge in [-0.2, -0.15) is 0 Å². The van der Waals surface area contributed by atoms with Crippen LogP contribution in [0.2, 0.25) is 0 Å². The monoisotopic (exact) mass is 569 g/mol. The molecular formula is C30H36FN3O5S. The van der Waals surface area contributed by atoms with E-state index in [0.29, 0.717) is 11.3 Å². The number of rotatable bonds is 10. The van der Waals surface area contributed by atoms with Crippen LogP contribution < -0.4 is 14.4 Å². The van der Waals surface area contributed by atoms with Crippen molar-refractivity contribution in [3.05, 3.63) is 89.7 Å². The molecule has 10 heteroatoms. The molecule has 214 valence electrons. The van der Waals surface area contributed by atoms with Gasteiger partial charge in [-0.05, 0) is 88.7 Å². The van der Waals surface area contributed by atoms with E-state index >= 15 is 0 Å². The Labute approximate surface area is 235 Å². The Morgan fingerprint density at radius 1 is 0.950 bits per heavy atom. The van der Waals surface area contributed by atoms with Gasteiger partial charge in [-0.25, -0.2) is 12.8 Å². The molecule has 3 aromatic carbocycles. The zero-order valence-electron chi connectivity index (χ0n) is 23.6. The molecule has 1 unspecified atom stereocenters. The molecule has 0 radical (unpaired) electrons. The van der Waals surface area contributed by atoms with E-state index in [9.17, 15) is 22.4 Å². The van der Waals surface area contributed by atoms with Crippen molar-refractivity contribution in [2.24, 2.45) is 0 Å². The highest BCUT2D eigenvalue weighted by atomic mass is 32.2. The minimum absolute atomic E-state index is 0.0188. The molecule has 0 aliphatic carbocycles. The molecule has 0 saturated carbocycles. The van der Waals surface area contributed by atoms with Crippen molar-refractivity contribution in [3.8, 4) is 5.75 Å². The average molecular weight is 570 g/mol. The van der Waals surface area contributed by atoms with Crippen LogP contribution in [0.15, 0.2) is 77.7 Å². The van der Waals surface area contributed by atoms with Crippen LogP contribution in [0.5, 0.6) is 5.75 Å². The summed E-state index contributed by atoms with van der Waals surface area (Å²) in [6.45, 7) is 8.29. The number of hydrogen-bond donors (Lipinski definition) is 1. The number of aryl methyl sites for hydroxylation is 1. The lowest BCUT2D eigenvalue weighted by Crippen LogP contribution is -2.54. The highest BCUT2D eigenvalue weighted by Gasteiger charge is 2.33. The first-order valence-electron chi connectivity index (χ1n) is 12.8. The largest absolute Gasteiger partial charge is 0.497 e. The van der Waals surface area contributed by atoms with Crippen LogP contribution in [-0.2, 0) is 26.2 Å². The summed E-state index contributed by atoms with van der Waals surface area (Å²) < 4.78 is 47.5.